The third-order valence-electron chi connectivity index (χ3n) is 7.52. The number of hydrogen-bond donors (Lipinski definition) is 1. The number of morpholine rings is 1. The average Bonchev–Trinajstić information content (AvgIpc) is 3.65. The standard InChI is InChI=1S/C31H33N7O3S2/c39-30-28(43-31(42)38(30)11-5-1-2-8-29-33-35-36-34-29)19-22-9-10-27(41-17-14-37-12-15-40-16-13-37)25(18-22)24-20-23-6-3-4-7-26(23)32-21-24/h3-4,6-7,9-10,18-21H,1-2,5,8,11-17H2,(H,33,34,35,36). The molecule has 0 aliphatic carbocycles. The molecule has 0 bridgehead atoms. The molecule has 10 nitrogen and oxygen atoms in total. The minimum absolute atomic E-state index is 0.0482. The maximum atomic E-state index is 13.3. The molecule has 1 N–H and O–H groups in total. The minimum atomic E-state index is -0.0482. The highest BCUT2D eigenvalue weighted by Crippen LogP contribution is 2.36. The lowest BCUT2D eigenvalue weighted by Gasteiger charge is -2.26. The first-order valence-corrected chi connectivity index (χ1v) is 15.8. The van der Waals surface area contributed by atoms with E-state index in [4.69, 9.17) is 21.7 Å². The fourth-order valence-electron chi connectivity index (χ4n) is 5.18. The maximum absolute atomic E-state index is 13.3. The molecule has 43 heavy (non-hydrogen) atoms. The van der Waals surface area contributed by atoms with Crippen molar-refractivity contribution in [3.8, 4) is 16.9 Å². The number of fused-ring (bicyclic) bond motifs is 1. The van der Waals surface area contributed by atoms with E-state index < -0.39 is 0 Å². The number of thiocarbonyl (C=S) groups is 1. The van der Waals surface area contributed by atoms with Crippen molar-refractivity contribution in [2.75, 3.05) is 46.0 Å². The van der Waals surface area contributed by atoms with Crippen LogP contribution in [0.4, 0.5) is 0 Å². The lowest BCUT2D eigenvalue weighted by molar-refractivity contribution is -0.122. The molecule has 1 amide bonds. The van der Waals surface area contributed by atoms with Crippen LogP contribution >= 0.6 is 24.0 Å². The van der Waals surface area contributed by atoms with Gasteiger partial charge in [0, 0.05) is 55.3 Å². The Morgan fingerprint density at radius 1 is 1.07 bits per heavy atom. The van der Waals surface area contributed by atoms with E-state index in [1.54, 1.807) is 4.90 Å². The van der Waals surface area contributed by atoms with Gasteiger partial charge in [-0.3, -0.25) is 19.6 Å². The van der Waals surface area contributed by atoms with Crippen molar-refractivity contribution in [1.82, 2.24) is 35.4 Å². The van der Waals surface area contributed by atoms with Crippen LogP contribution in [-0.2, 0) is 16.0 Å². The van der Waals surface area contributed by atoms with Crippen molar-refractivity contribution in [2.24, 2.45) is 0 Å². The molecule has 0 unspecified atom stereocenters. The molecule has 0 atom stereocenters. The van der Waals surface area contributed by atoms with Gasteiger partial charge in [0.15, 0.2) is 5.82 Å². The Morgan fingerprint density at radius 3 is 2.81 bits per heavy atom. The van der Waals surface area contributed by atoms with E-state index in [9.17, 15) is 4.79 Å². The second-order valence-electron chi connectivity index (χ2n) is 10.4. The van der Waals surface area contributed by atoms with E-state index in [2.05, 4.69) is 48.7 Å². The van der Waals surface area contributed by atoms with E-state index in [1.807, 2.05) is 42.6 Å². The molecule has 0 spiro atoms. The third-order valence-corrected chi connectivity index (χ3v) is 8.89. The lowest BCUT2D eigenvalue weighted by atomic mass is 10.0. The molecule has 222 valence electrons. The molecule has 0 saturated carbocycles. The van der Waals surface area contributed by atoms with Crippen LogP contribution in [0, 0.1) is 0 Å². The molecule has 2 aliphatic heterocycles. The molecule has 6 rings (SSSR count). The summed E-state index contributed by atoms with van der Waals surface area (Å²) in [5.74, 6) is 1.45. The summed E-state index contributed by atoms with van der Waals surface area (Å²) in [4.78, 5) is 22.7. The Bertz CT molecular complexity index is 1610. The fourth-order valence-corrected chi connectivity index (χ4v) is 6.49. The molecular weight excluding hydrogens is 583 g/mol. The zero-order valence-electron chi connectivity index (χ0n) is 23.8. The number of aryl methyl sites for hydroxylation is 1. The Kier molecular flexibility index (Phi) is 9.68. The second kappa shape index (κ2) is 14.2. The number of tetrazole rings is 1. The number of aromatic amines is 1. The van der Waals surface area contributed by atoms with Crippen LogP contribution in [0.15, 0.2) is 59.6 Å². The van der Waals surface area contributed by atoms with Crippen molar-refractivity contribution in [3.05, 3.63) is 71.0 Å². The largest absolute Gasteiger partial charge is 0.492 e. The number of nitrogens with zero attached hydrogens (tertiary/aromatic N) is 6. The number of hydrogen-bond acceptors (Lipinski definition) is 10. The molecule has 2 aromatic carbocycles. The molecule has 0 radical (unpaired) electrons. The van der Waals surface area contributed by atoms with E-state index in [0.717, 1.165) is 91.9 Å². The number of rotatable bonds is 12. The molecular formula is C31H33N7O3S2. The molecule has 4 aromatic rings. The lowest BCUT2D eigenvalue weighted by Crippen LogP contribution is -2.38. The van der Waals surface area contributed by atoms with Gasteiger partial charge in [-0.15, -0.1) is 10.2 Å². The number of carbonyl (C=O) groups is 1. The number of H-pyrrole nitrogens is 1. The van der Waals surface area contributed by atoms with E-state index in [1.165, 1.54) is 11.8 Å². The monoisotopic (exact) mass is 615 g/mol. The number of para-hydroxylation sites is 1. The Labute approximate surface area is 259 Å². The van der Waals surface area contributed by atoms with Gasteiger partial charge in [-0.25, -0.2) is 0 Å². The first-order valence-electron chi connectivity index (χ1n) is 14.5. The summed E-state index contributed by atoms with van der Waals surface area (Å²) in [6.45, 7) is 5.36. The van der Waals surface area contributed by atoms with Gasteiger partial charge in [-0.2, -0.15) is 5.21 Å². The highest BCUT2D eigenvalue weighted by molar-refractivity contribution is 8.26. The number of amides is 1. The van der Waals surface area contributed by atoms with E-state index >= 15 is 0 Å². The summed E-state index contributed by atoms with van der Waals surface area (Å²) in [5.41, 5.74) is 3.75. The molecule has 4 heterocycles. The van der Waals surface area contributed by atoms with Crippen molar-refractivity contribution in [1.29, 1.82) is 0 Å². The fraction of sp³-hybridized carbons (Fsp3) is 0.355. The molecule has 2 saturated heterocycles. The summed E-state index contributed by atoms with van der Waals surface area (Å²) >= 11 is 6.93. The number of nitrogens with one attached hydrogen (secondary N) is 1. The van der Waals surface area contributed by atoms with Gasteiger partial charge in [-0.1, -0.05) is 59.9 Å². The van der Waals surface area contributed by atoms with Gasteiger partial charge in [-0.05, 0) is 48.7 Å². The van der Waals surface area contributed by atoms with Gasteiger partial charge in [0.2, 0.25) is 0 Å². The van der Waals surface area contributed by atoms with Gasteiger partial charge in [0.25, 0.3) is 5.91 Å². The molecule has 2 fully saturated rings. The van der Waals surface area contributed by atoms with E-state index in [0.29, 0.717) is 28.2 Å². The topological polar surface area (TPSA) is 109 Å². The number of pyridine rings is 1. The Balaban J connectivity index is 1.17. The Morgan fingerprint density at radius 2 is 1.95 bits per heavy atom. The van der Waals surface area contributed by atoms with Crippen LogP contribution in [-0.4, -0.2) is 91.6 Å². The normalized spacial score (nSPS) is 16.9. The first-order chi connectivity index (χ1) is 21.1. The van der Waals surface area contributed by atoms with Crippen molar-refractivity contribution < 1.29 is 14.3 Å². The summed E-state index contributed by atoms with van der Waals surface area (Å²) in [7, 11) is 0. The highest BCUT2D eigenvalue weighted by atomic mass is 32.2. The number of thioether (sulfide) groups is 1. The third kappa shape index (κ3) is 7.45. The molecule has 2 aliphatic rings. The van der Waals surface area contributed by atoms with Crippen LogP contribution in [0.25, 0.3) is 28.1 Å². The number of unbranched alkanes of at least 4 members (excludes halogenated alkanes) is 2. The summed E-state index contributed by atoms with van der Waals surface area (Å²) in [6, 6.07) is 16.3. The SMILES string of the molecule is O=C1C(=Cc2ccc(OCCN3CCOCC3)c(-c3cnc4ccccc4c3)c2)SC(=S)N1CCCCCc1nn[nH]n1. The maximum Gasteiger partial charge on any atom is 0.266 e. The summed E-state index contributed by atoms with van der Waals surface area (Å²) < 4.78 is 12.4. The number of ether oxygens (including phenoxy) is 2. The van der Waals surface area contributed by atoms with Crippen molar-refractivity contribution in [2.45, 2.75) is 25.7 Å². The summed E-state index contributed by atoms with van der Waals surface area (Å²) in [5, 5.41) is 15.1. The highest BCUT2D eigenvalue weighted by Gasteiger charge is 2.31. The van der Waals surface area contributed by atoms with Crippen LogP contribution in [0.1, 0.15) is 30.7 Å². The predicted octanol–water partition coefficient (Wildman–Crippen LogP) is 4.74. The van der Waals surface area contributed by atoms with Gasteiger partial charge < -0.3 is 9.47 Å². The quantitative estimate of drug-likeness (QED) is 0.136. The second-order valence-corrected chi connectivity index (χ2v) is 12.1. The zero-order chi connectivity index (χ0) is 29.4. The van der Waals surface area contributed by atoms with Gasteiger partial charge >= 0.3 is 0 Å². The van der Waals surface area contributed by atoms with Crippen LogP contribution in [0.3, 0.4) is 0 Å². The molecule has 12 heteroatoms. The van der Waals surface area contributed by atoms with Crippen LogP contribution in [0.5, 0.6) is 5.75 Å². The number of benzene rings is 2. The summed E-state index contributed by atoms with van der Waals surface area (Å²) in [6.07, 6.45) is 7.29. The minimum Gasteiger partial charge on any atom is -0.492 e. The van der Waals surface area contributed by atoms with Crippen molar-refractivity contribution >= 4 is 51.2 Å². The predicted molar refractivity (Wildman–Crippen MR) is 172 cm³/mol. The van der Waals surface area contributed by atoms with E-state index in [-0.39, 0.29) is 5.91 Å². The molecule has 2 aromatic heterocycles. The van der Waals surface area contributed by atoms with Crippen molar-refractivity contribution in [3.63, 3.8) is 0 Å². The van der Waals surface area contributed by atoms with Gasteiger partial charge in [0.1, 0.15) is 16.7 Å². The average molecular weight is 616 g/mol. The van der Waals surface area contributed by atoms with Crippen LogP contribution in [0.2, 0.25) is 0 Å². The van der Waals surface area contributed by atoms with Gasteiger partial charge in [0.05, 0.1) is 23.6 Å². The number of carbonyl (C=O) groups excluding carboxylic acids is 1. The number of aromatic nitrogens is 5. The zero-order valence-corrected chi connectivity index (χ0v) is 25.4. The van der Waals surface area contributed by atoms with Crippen LogP contribution < -0.4 is 4.74 Å². The smallest absolute Gasteiger partial charge is 0.266 e. The Hall–Kier alpha value is -3.71. The first kappa shape index (κ1) is 29.4.